The Labute approximate surface area is 409 Å². The van der Waals surface area contributed by atoms with E-state index in [0.717, 1.165) is 0 Å². The molecule has 0 aromatic heterocycles. The monoisotopic (exact) mass is 888 g/mol. The van der Waals surface area contributed by atoms with Gasteiger partial charge in [0.2, 0.25) is 0 Å². The third-order valence-corrected chi connectivity index (χ3v) is 16.3. The van der Waals surface area contributed by atoms with Crippen molar-refractivity contribution in [2.75, 3.05) is 0 Å². The highest BCUT2D eigenvalue weighted by Crippen LogP contribution is 2.61. The van der Waals surface area contributed by atoms with Crippen molar-refractivity contribution < 1.29 is 0 Å². The SMILES string of the molecule is c1ccc(-c2c3c(c(-c4ccccc4)c4ccccc24)-c2cc(-c4ccc5c6c(cccc46)-c4c-5c(-c5ccccc5)c5ccc(C6CCCCC6)cc5c4-c4ccccc4)cc4cccc-3c24)cc1. The molecule has 1 fully saturated rings. The average molecular weight is 889 g/mol. The van der Waals surface area contributed by atoms with E-state index in [1.807, 2.05) is 0 Å². The maximum Gasteiger partial charge on any atom is -0.000720 e. The van der Waals surface area contributed by atoms with Crippen LogP contribution in [0.1, 0.15) is 43.6 Å². The normalized spacial score (nSPS) is 13.7. The van der Waals surface area contributed by atoms with Gasteiger partial charge in [0.15, 0.2) is 0 Å². The predicted molar refractivity (Wildman–Crippen MR) is 298 cm³/mol. The van der Waals surface area contributed by atoms with Crippen LogP contribution in [0.2, 0.25) is 0 Å². The van der Waals surface area contributed by atoms with Crippen molar-refractivity contribution in [3.63, 3.8) is 0 Å². The third-order valence-electron chi connectivity index (χ3n) is 16.3. The minimum Gasteiger partial charge on any atom is -0.0622 e. The number of benzene rings is 12. The summed E-state index contributed by atoms with van der Waals surface area (Å²) in [5.41, 5.74) is 25.0. The molecule has 0 saturated heterocycles. The lowest BCUT2D eigenvalue weighted by Gasteiger charge is -2.25. The first-order valence-corrected chi connectivity index (χ1v) is 25.4. The van der Waals surface area contributed by atoms with E-state index in [2.05, 4.69) is 224 Å². The van der Waals surface area contributed by atoms with Gasteiger partial charge in [-0.25, -0.2) is 0 Å². The molecule has 0 bridgehead atoms. The Balaban J connectivity index is 1.02. The van der Waals surface area contributed by atoms with E-state index in [1.165, 1.54) is 181 Å². The van der Waals surface area contributed by atoms with Gasteiger partial charge in [0.1, 0.15) is 0 Å². The van der Waals surface area contributed by atoms with Crippen LogP contribution < -0.4 is 0 Å². The highest BCUT2D eigenvalue weighted by molar-refractivity contribution is 6.31. The highest BCUT2D eigenvalue weighted by atomic mass is 14.4. The second-order valence-electron chi connectivity index (χ2n) is 20.0. The summed E-state index contributed by atoms with van der Waals surface area (Å²) in [5, 5.41) is 10.5. The average Bonchev–Trinajstić information content (AvgIpc) is 3.94. The van der Waals surface area contributed by atoms with Gasteiger partial charge in [-0.05, 0) is 180 Å². The van der Waals surface area contributed by atoms with E-state index in [0.29, 0.717) is 5.92 Å². The molecule has 0 unspecified atom stereocenters. The van der Waals surface area contributed by atoms with Gasteiger partial charge in [-0.2, -0.15) is 0 Å². The maximum atomic E-state index is 2.59. The van der Waals surface area contributed by atoms with Gasteiger partial charge in [-0.1, -0.05) is 232 Å². The zero-order chi connectivity index (χ0) is 45.9. The van der Waals surface area contributed by atoms with Crippen LogP contribution in [-0.4, -0.2) is 0 Å². The lowest BCUT2D eigenvalue weighted by molar-refractivity contribution is 0.444. The summed E-state index contributed by atoms with van der Waals surface area (Å²) in [6, 6.07) is 85.2. The Hall–Kier alpha value is -8.32. The van der Waals surface area contributed by atoms with Crippen molar-refractivity contribution in [1.82, 2.24) is 0 Å². The lowest BCUT2D eigenvalue weighted by Crippen LogP contribution is -2.04. The Morgan fingerprint density at radius 2 is 0.686 bits per heavy atom. The maximum absolute atomic E-state index is 2.59. The Bertz CT molecular complexity index is 4100. The molecule has 3 aliphatic rings. The molecule has 0 radical (unpaired) electrons. The summed E-state index contributed by atoms with van der Waals surface area (Å²) in [6.45, 7) is 0. The molecule has 0 amide bonds. The van der Waals surface area contributed by atoms with Gasteiger partial charge < -0.3 is 0 Å². The first kappa shape index (κ1) is 39.7. The molecular weight excluding hydrogens is 841 g/mol. The predicted octanol–water partition coefficient (Wildman–Crippen LogP) is 20.0. The summed E-state index contributed by atoms with van der Waals surface area (Å²) in [5.74, 6) is 0.608. The lowest BCUT2D eigenvalue weighted by atomic mass is 9.79. The zero-order valence-electron chi connectivity index (χ0n) is 39.0. The van der Waals surface area contributed by atoms with Crippen molar-refractivity contribution in [3.05, 3.63) is 230 Å². The second-order valence-corrected chi connectivity index (χ2v) is 20.0. The molecular formula is C70H48. The molecule has 0 atom stereocenters. The Morgan fingerprint density at radius 3 is 1.26 bits per heavy atom. The van der Waals surface area contributed by atoms with Gasteiger partial charge in [-0.3, -0.25) is 0 Å². The fourth-order valence-electron chi connectivity index (χ4n) is 13.4. The molecule has 0 nitrogen and oxygen atoms in total. The minimum atomic E-state index is 0.608. The van der Waals surface area contributed by atoms with Crippen molar-refractivity contribution in [2.45, 2.75) is 38.0 Å². The molecule has 12 aromatic carbocycles. The molecule has 15 rings (SSSR count). The summed E-state index contributed by atoms with van der Waals surface area (Å²) in [4.78, 5) is 0. The minimum absolute atomic E-state index is 0.608. The highest BCUT2D eigenvalue weighted by Gasteiger charge is 2.34. The van der Waals surface area contributed by atoms with E-state index in [-0.39, 0.29) is 0 Å². The smallest absolute Gasteiger partial charge is 0.000720 e. The molecule has 0 heterocycles. The van der Waals surface area contributed by atoms with Crippen LogP contribution in [0.5, 0.6) is 0 Å². The molecule has 328 valence electrons. The number of hydrogen-bond donors (Lipinski definition) is 0. The number of hydrogen-bond acceptors (Lipinski definition) is 0. The largest absolute Gasteiger partial charge is 0.0622 e. The van der Waals surface area contributed by atoms with Crippen LogP contribution in [0.15, 0.2) is 224 Å². The number of rotatable bonds is 6. The van der Waals surface area contributed by atoms with Gasteiger partial charge in [-0.15, -0.1) is 0 Å². The van der Waals surface area contributed by atoms with Crippen LogP contribution in [0.4, 0.5) is 0 Å². The van der Waals surface area contributed by atoms with Gasteiger partial charge in [0, 0.05) is 0 Å². The first-order valence-electron chi connectivity index (χ1n) is 25.4. The van der Waals surface area contributed by atoms with E-state index in [9.17, 15) is 0 Å². The topological polar surface area (TPSA) is 0 Å². The number of fused-ring (bicyclic) bond motifs is 8. The van der Waals surface area contributed by atoms with Gasteiger partial charge >= 0.3 is 0 Å². The summed E-state index contributed by atoms with van der Waals surface area (Å²) < 4.78 is 0. The van der Waals surface area contributed by atoms with Crippen molar-refractivity contribution in [3.8, 4) is 100 Å². The van der Waals surface area contributed by atoms with E-state index >= 15 is 0 Å². The fraction of sp³-hybridized carbons (Fsp3) is 0.0857. The fourth-order valence-corrected chi connectivity index (χ4v) is 13.4. The zero-order valence-corrected chi connectivity index (χ0v) is 39.0. The molecule has 0 aliphatic heterocycles. The Morgan fingerprint density at radius 1 is 0.243 bits per heavy atom. The second kappa shape index (κ2) is 15.6. The molecule has 0 N–H and O–H groups in total. The Kier molecular flexibility index (Phi) is 8.84. The molecule has 1 saturated carbocycles. The van der Waals surface area contributed by atoms with Crippen molar-refractivity contribution >= 4 is 43.1 Å². The third kappa shape index (κ3) is 5.77. The van der Waals surface area contributed by atoms with E-state index in [1.54, 1.807) is 0 Å². The summed E-state index contributed by atoms with van der Waals surface area (Å²) in [7, 11) is 0. The van der Waals surface area contributed by atoms with Crippen molar-refractivity contribution in [1.29, 1.82) is 0 Å². The molecule has 0 heteroatoms. The van der Waals surface area contributed by atoms with Crippen LogP contribution >= 0.6 is 0 Å². The van der Waals surface area contributed by atoms with Gasteiger partial charge in [0.05, 0.1) is 0 Å². The van der Waals surface area contributed by atoms with Gasteiger partial charge in [0.25, 0.3) is 0 Å². The van der Waals surface area contributed by atoms with Crippen LogP contribution in [0.3, 0.4) is 0 Å². The van der Waals surface area contributed by atoms with Crippen LogP contribution in [0.25, 0.3) is 143 Å². The van der Waals surface area contributed by atoms with Crippen LogP contribution in [0, 0.1) is 0 Å². The van der Waals surface area contributed by atoms with E-state index in [4.69, 9.17) is 0 Å². The van der Waals surface area contributed by atoms with Crippen molar-refractivity contribution in [2.24, 2.45) is 0 Å². The summed E-state index contributed by atoms with van der Waals surface area (Å²) in [6.07, 6.45) is 6.54. The molecule has 0 spiro atoms. The molecule has 12 aromatic rings. The first-order chi connectivity index (χ1) is 34.8. The quantitative estimate of drug-likeness (QED) is 0.156. The van der Waals surface area contributed by atoms with Crippen LogP contribution in [-0.2, 0) is 0 Å². The molecule has 3 aliphatic carbocycles. The standard InChI is InChI=1S/C70H48/c1-6-20-43(21-7-1)48-36-37-55-59(41-48)65(47-28-14-5-15-29-47)68-57-35-19-33-52-51(38-39-58(66(52)57)69(68)64(55)46-26-12-4-13-27-46)50-40-49-30-18-34-56-61(49)60(42-50)70-63(45-24-10-3-11-25-45)54-32-17-16-31-53(54)62(67(56)70)44-22-8-2-9-23-44/h2-5,8-19,22-43H,1,6-7,20-21H2. The molecule has 70 heavy (non-hydrogen) atoms. The summed E-state index contributed by atoms with van der Waals surface area (Å²) >= 11 is 0. The van der Waals surface area contributed by atoms with E-state index < -0.39 is 0 Å².